The molecule has 3 aromatic rings. The Balaban J connectivity index is 2.17. The van der Waals surface area contributed by atoms with Gasteiger partial charge in [-0.2, -0.15) is 0 Å². The van der Waals surface area contributed by atoms with E-state index >= 15 is 0 Å². The Labute approximate surface area is 133 Å². The highest BCUT2D eigenvalue weighted by atomic mass is 35.5. The molecule has 1 N–H and O–H groups in total. The minimum Gasteiger partial charge on any atom is -0.369 e. The molecule has 0 saturated carbocycles. The van der Waals surface area contributed by atoms with Gasteiger partial charge in [0.15, 0.2) is 0 Å². The first-order chi connectivity index (χ1) is 10.2. The summed E-state index contributed by atoms with van der Waals surface area (Å²) in [4.78, 5) is 9.63. The number of benzene rings is 1. The molecule has 0 saturated heterocycles. The Kier molecular flexibility index (Phi) is 4.08. The minimum atomic E-state index is 0.290. The molecule has 0 fully saturated rings. The van der Waals surface area contributed by atoms with Crippen molar-refractivity contribution in [3.63, 3.8) is 0 Å². The SMILES string of the molecule is CCCNc1nc(Cl)nc2scc(-c3ccc(C)cc3)c12. The van der Waals surface area contributed by atoms with Gasteiger partial charge in [-0.1, -0.05) is 36.8 Å². The van der Waals surface area contributed by atoms with Crippen molar-refractivity contribution in [1.82, 2.24) is 9.97 Å². The second kappa shape index (κ2) is 6.00. The average Bonchev–Trinajstić information content (AvgIpc) is 2.89. The second-order valence-electron chi connectivity index (χ2n) is 4.96. The van der Waals surface area contributed by atoms with E-state index < -0.39 is 0 Å². The van der Waals surface area contributed by atoms with Crippen LogP contribution in [0.15, 0.2) is 29.6 Å². The van der Waals surface area contributed by atoms with Gasteiger partial charge in [0, 0.05) is 17.5 Å². The summed E-state index contributed by atoms with van der Waals surface area (Å²) < 4.78 is 0. The highest BCUT2D eigenvalue weighted by molar-refractivity contribution is 7.17. The molecule has 0 unspecified atom stereocenters. The van der Waals surface area contributed by atoms with Crippen LogP contribution in [-0.2, 0) is 0 Å². The average molecular weight is 318 g/mol. The van der Waals surface area contributed by atoms with Crippen molar-refractivity contribution in [2.24, 2.45) is 0 Å². The van der Waals surface area contributed by atoms with Gasteiger partial charge in [-0.25, -0.2) is 9.97 Å². The van der Waals surface area contributed by atoms with Crippen molar-refractivity contribution in [2.45, 2.75) is 20.3 Å². The Hall–Kier alpha value is -1.65. The second-order valence-corrected chi connectivity index (χ2v) is 6.16. The van der Waals surface area contributed by atoms with E-state index in [0.29, 0.717) is 5.28 Å². The molecule has 0 amide bonds. The zero-order valence-corrected chi connectivity index (χ0v) is 13.6. The fraction of sp³-hybridized carbons (Fsp3) is 0.250. The van der Waals surface area contributed by atoms with Gasteiger partial charge in [-0.05, 0) is 30.5 Å². The fourth-order valence-corrected chi connectivity index (χ4v) is 3.40. The number of thiophene rings is 1. The zero-order valence-electron chi connectivity index (χ0n) is 12.0. The summed E-state index contributed by atoms with van der Waals surface area (Å²) in [5.41, 5.74) is 3.59. The first kappa shape index (κ1) is 14.3. The van der Waals surface area contributed by atoms with Crippen molar-refractivity contribution in [3.05, 3.63) is 40.5 Å². The van der Waals surface area contributed by atoms with E-state index in [0.717, 1.165) is 34.6 Å². The lowest BCUT2D eigenvalue weighted by Crippen LogP contribution is -2.03. The van der Waals surface area contributed by atoms with Crippen molar-refractivity contribution in [3.8, 4) is 11.1 Å². The first-order valence-corrected chi connectivity index (χ1v) is 8.20. The number of rotatable bonds is 4. The van der Waals surface area contributed by atoms with Crippen LogP contribution in [0.2, 0.25) is 5.28 Å². The largest absolute Gasteiger partial charge is 0.369 e. The quantitative estimate of drug-likeness (QED) is 0.677. The van der Waals surface area contributed by atoms with E-state index in [1.165, 1.54) is 11.1 Å². The molecule has 0 aliphatic heterocycles. The van der Waals surface area contributed by atoms with E-state index in [-0.39, 0.29) is 0 Å². The molecule has 0 radical (unpaired) electrons. The van der Waals surface area contributed by atoms with Crippen LogP contribution in [0.5, 0.6) is 0 Å². The molecule has 108 valence electrons. The number of nitrogens with one attached hydrogen (secondary N) is 1. The molecule has 1 aromatic carbocycles. The van der Waals surface area contributed by atoms with Gasteiger partial charge in [-0.15, -0.1) is 11.3 Å². The molecule has 5 heteroatoms. The predicted molar refractivity (Wildman–Crippen MR) is 91.4 cm³/mol. The van der Waals surface area contributed by atoms with E-state index in [9.17, 15) is 0 Å². The topological polar surface area (TPSA) is 37.8 Å². The Bertz CT molecular complexity index is 765. The molecule has 0 aliphatic rings. The van der Waals surface area contributed by atoms with Crippen LogP contribution in [0.1, 0.15) is 18.9 Å². The van der Waals surface area contributed by atoms with Crippen molar-refractivity contribution in [2.75, 3.05) is 11.9 Å². The lowest BCUT2D eigenvalue weighted by molar-refractivity contribution is 0.970. The lowest BCUT2D eigenvalue weighted by atomic mass is 10.0. The van der Waals surface area contributed by atoms with E-state index in [1.807, 2.05) is 0 Å². The minimum absolute atomic E-state index is 0.290. The first-order valence-electron chi connectivity index (χ1n) is 6.94. The number of nitrogens with zero attached hydrogens (tertiary/aromatic N) is 2. The molecular formula is C16H16ClN3S. The maximum Gasteiger partial charge on any atom is 0.225 e. The third-order valence-electron chi connectivity index (χ3n) is 3.31. The van der Waals surface area contributed by atoms with E-state index in [1.54, 1.807) is 11.3 Å². The Morgan fingerprint density at radius 1 is 1.19 bits per heavy atom. The number of fused-ring (bicyclic) bond motifs is 1. The summed E-state index contributed by atoms with van der Waals surface area (Å²) in [5, 5.41) is 6.83. The summed E-state index contributed by atoms with van der Waals surface area (Å²) in [6, 6.07) is 8.51. The molecule has 3 rings (SSSR count). The molecule has 2 heterocycles. The molecular weight excluding hydrogens is 302 g/mol. The number of aryl methyl sites for hydroxylation is 1. The Morgan fingerprint density at radius 2 is 1.95 bits per heavy atom. The summed E-state index contributed by atoms with van der Waals surface area (Å²) >= 11 is 7.62. The number of halogens is 1. The summed E-state index contributed by atoms with van der Waals surface area (Å²) in [5.74, 6) is 0.823. The van der Waals surface area contributed by atoms with Gasteiger partial charge in [-0.3, -0.25) is 0 Å². The normalized spacial score (nSPS) is 11.0. The molecule has 0 bridgehead atoms. The van der Waals surface area contributed by atoms with Crippen LogP contribution in [0.25, 0.3) is 21.3 Å². The van der Waals surface area contributed by atoms with Crippen molar-refractivity contribution in [1.29, 1.82) is 0 Å². The number of aromatic nitrogens is 2. The van der Waals surface area contributed by atoms with Crippen molar-refractivity contribution < 1.29 is 0 Å². The molecule has 2 aromatic heterocycles. The molecule has 0 aliphatic carbocycles. The summed E-state index contributed by atoms with van der Waals surface area (Å²) in [6.45, 7) is 5.08. The van der Waals surface area contributed by atoms with Crippen LogP contribution in [0, 0.1) is 6.92 Å². The van der Waals surface area contributed by atoms with Crippen LogP contribution in [-0.4, -0.2) is 16.5 Å². The maximum absolute atomic E-state index is 6.02. The highest BCUT2D eigenvalue weighted by Gasteiger charge is 2.14. The molecule has 21 heavy (non-hydrogen) atoms. The summed E-state index contributed by atoms with van der Waals surface area (Å²) in [6.07, 6.45) is 1.03. The molecule has 3 nitrogen and oxygen atoms in total. The number of hydrogen-bond donors (Lipinski definition) is 1. The standard InChI is InChI=1S/C16H16ClN3S/c1-3-8-18-14-13-12(11-6-4-10(2)5-7-11)9-21-15(13)20-16(17)19-14/h4-7,9H,3,8H2,1-2H3,(H,18,19,20). The fourth-order valence-electron chi connectivity index (χ4n) is 2.23. The van der Waals surface area contributed by atoms with Crippen LogP contribution in [0.3, 0.4) is 0 Å². The highest BCUT2D eigenvalue weighted by Crippen LogP contribution is 2.37. The zero-order chi connectivity index (χ0) is 14.8. The van der Waals surface area contributed by atoms with E-state index in [4.69, 9.17) is 11.6 Å². The summed E-state index contributed by atoms with van der Waals surface area (Å²) in [7, 11) is 0. The van der Waals surface area contributed by atoms with Gasteiger partial charge in [0.1, 0.15) is 10.6 Å². The van der Waals surface area contributed by atoms with Gasteiger partial charge >= 0.3 is 0 Å². The van der Waals surface area contributed by atoms with Gasteiger partial charge in [0.2, 0.25) is 5.28 Å². The van der Waals surface area contributed by atoms with E-state index in [2.05, 4.69) is 58.8 Å². The van der Waals surface area contributed by atoms with Gasteiger partial charge in [0.05, 0.1) is 5.39 Å². The van der Waals surface area contributed by atoms with Crippen molar-refractivity contribution >= 4 is 39.0 Å². The van der Waals surface area contributed by atoms with Gasteiger partial charge in [0.25, 0.3) is 0 Å². The number of anilines is 1. The van der Waals surface area contributed by atoms with Crippen LogP contribution < -0.4 is 5.32 Å². The smallest absolute Gasteiger partial charge is 0.225 e. The predicted octanol–water partition coefficient (Wildman–Crippen LogP) is 5.14. The van der Waals surface area contributed by atoms with Crippen LogP contribution in [0.4, 0.5) is 5.82 Å². The van der Waals surface area contributed by atoms with Gasteiger partial charge < -0.3 is 5.32 Å². The third kappa shape index (κ3) is 2.87. The molecule has 0 atom stereocenters. The third-order valence-corrected chi connectivity index (χ3v) is 4.35. The molecule has 0 spiro atoms. The number of hydrogen-bond acceptors (Lipinski definition) is 4. The monoisotopic (exact) mass is 317 g/mol. The van der Waals surface area contributed by atoms with Crippen LogP contribution >= 0.6 is 22.9 Å². The lowest BCUT2D eigenvalue weighted by Gasteiger charge is -2.08. The maximum atomic E-state index is 6.02. The Morgan fingerprint density at radius 3 is 2.67 bits per heavy atom.